The summed E-state index contributed by atoms with van der Waals surface area (Å²) in [6, 6.07) is 3.19. The van der Waals surface area contributed by atoms with Crippen LogP contribution in [0.25, 0.3) is 0 Å². The van der Waals surface area contributed by atoms with E-state index < -0.39 is 11.3 Å². The monoisotopic (exact) mass is 248 g/mol. The lowest BCUT2D eigenvalue weighted by molar-refractivity contribution is -0.136. The number of aliphatic carboxylic acids is 1. The van der Waals surface area contributed by atoms with Crippen LogP contribution in [-0.2, 0) is 4.79 Å². The summed E-state index contributed by atoms with van der Waals surface area (Å²) >= 11 is 11.6. The third-order valence-corrected chi connectivity index (χ3v) is 2.60. The summed E-state index contributed by atoms with van der Waals surface area (Å²) in [6.07, 6.45) is 0. The van der Waals surface area contributed by atoms with E-state index in [0.717, 1.165) is 5.56 Å². The fraction of sp³-hybridized carbons (Fsp3) is 0.300. The maximum Gasteiger partial charge on any atom is 0.326 e. The molecule has 1 atom stereocenters. The standard InChI is InChI=1S/C10H10Cl2O3/c1-5-3-6(11)4-7(9(5)15-2)8(12)10(13)14/h3-4,8H,1-2H3,(H,13,14). The topological polar surface area (TPSA) is 46.5 Å². The summed E-state index contributed by atoms with van der Waals surface area (Å²) in [5.41, 5.74) is 1.13. The van der Waals surface area contributed by atoms with E-state index in [2.05, 4.69) is 0 Å². The van der Waals surface area contributed by atoms with Gasteiger partial charge in [0, 0.05) is 10.6 Å². The highest BCUT2D eigenvalue weighted by atomic mass is 35.5. The molecule has 0 radical (unpaired) electrons. The number of aryl methyl sites for hydroxylation is 1. The number of methoxy groups -OCH3 is 1. The van der Waals surface area contributed by atoms with Gasteiger partial charge in [0.15, 0.2) is 5.38 Å². The minimum Gasteiger partial charge on any atom is -0.496 e. The lowest BCUT2D eigenvalue weighted by atomic mass is 10.1. The predicted molar refractivity (Wildman–Crippen MR) is 59.0 cm³/mol. The van der Waals surface area contributed by atoms with Gasteiger partial charge in [-0.1, -0.05) is 11.6 Å². The summed E-state index contributed by atoms with van der Waals surface area (Å²) in [5.74, 6) is -0.668. The van der Waals surface area contributed by atoms with E-state index in [9.17, 15) is 4.79 Å². The average Bonchev–Trinajstić information content (AvgIpc) is 2.15. The molecule has 15 heavy (non-hydrogen) atoms. The number of carboxylic acids is 1. The van der Waals surface area contributed by atoms with Crippen LogP contribution >= 0.6 is 23.2 Å². The molecule has 1 rings (SSSR count). The van der Waals surface area contributed by atoms with Crippen LogP contribution in [0.1, 0.15) is 16.5 Å². The maximum absolute atomic E-state index is 10.8. The molecule has 0 saturated carbocycles. The van der Waals surface area contributed by atoms with Crippen LogP contribution in [0.5, 0.6) is 5.75 Å². The molecule has 1 aromatic rings. The third kappa shape index (κ3) is 2.55. The number of carboxylic acid groups (broad SMARTS) is 1. The van der Waals surface area contributed by atoms with E-state index >= 15 is 0 Å². The van der Waals surface area contributed by atoms with Crippen LogP contribution in [-0.4, -0.2) is 18.2 Å². The summed E-state index contributed by atoms with van der Waals surface area (Å²) in [5, 5.41) is 8.09. The van der Waals surface area contributed by atoms with Crippen LogP contribution in [0, 0.1) is 6.92 Å². The SMILES string of the molecule is COc1c(C)cc(Cl)cc1C(Cl)C(=O)O. The quantitative estimate of drug-likeness (QED) is 0.837. The largest absolute Gasteiger partial charge is 0.496 e. The Bertz CT molecular complexity index is 390. The lowest BCUT2D eigenvalue weighted by Crippen LogP contribution is -2.07. The van der Waals surface area contributed by atoms with E-state index in [-0.39, 0.29) is 0 Å². The van der Waals surface area contributed by atoms with Crippen molar-refractivity contribution >= 4 is 29.2 Å². The average molecular weight is 249 g/mol. The Hall–Kier alpha value is -0.930. The summed E-state index contributed by atoms with van der Waals surface area (Å²) in [6.45, 7) is 1.78. The highest BCUT2D eigenvalue weighted by molar-refractivity contribution is 6.32. The van der Waals surface area contributed by atoms with Gasteiger partial charge in [-0.3, -0.25) is 4.79 Å². The number of ether oxygens (including phenoxy) is 1. The Morgan fingerprint density at radius 1 is 1.53 bits per heavy atom. The van der Waals surface area contributed by atoms with E-state index in [0.29, 0.717) is 16.3 Å². The van der Waals surface area contributed by atoms with Gasteiger partial charge >= 0.3 is 5.97 Å². The van der Waals surface area contributed by atoms with Crippen molar-refractivity contribution in [2.45, 2.75) is 12.3 Å². The van der Waals surface area contributed by atoms with Gasteiger partial charge in [0.1, 0.15) is 5.75 Å². The Labute approximate surface area is 97.6 Å². The minimum atomic E-state index is -1.16. The molecule has 0 aliphatic heterocycles. The van der Waals surface area contributed by atoms with Crippen LogP contribution in [0.3, 0.4) is 0 Å². The van der Waals surface area contributed by atoms with Crippen molar-refractivity contribution in [3.8, 4) is 5.75 Å². The Morgan fingerprint density at radius 3 is 2.60 bits per heavy atom. The predicted octanol–water partition coefficient (Wildman–Crippen LogP) is 3.02. The molecule has 0 aromatic heterocycles. The lowest BCUT2D eigenvalue weighted by Gasteiger charge is -2.13. The van der Waals surface area contributed by atoms with Gasteiger partial charge in [-0.2, -0.15) is 0 Å². The van der Waals surface area contributed by atoms with Crippen LogP contribution < -0.4 is 4.74 Å². The van der Waals surface area contributed by atoms with Crippen molar-refractivity contribution in [1.29, 1.82) is 0 Å². The molecule has 0 aliphatic carbocycles. The molecule has 1 aromatic carbocycles. The molecule has 0 saturated heterocycles. The molecule has 1 N–H and O–H groups in total. The van der Waals surface area contributed by atoms with Crippen molar-refractivity contribution in [3.63, 3.8) is 0 Å². The molecule has 0 heterocycles. The second kappa shape index (κ2) is 4.73. The minimum absolute atomic E-state index is 0.372. The van der Waals surface area contributed by atoms with Gasteiger partial charge in [-0.25, -0.2) is 0 Å². The number of hydrogen-bond donors (Lipinski definition) is 1. The number of benzene rings is 1. The molecular formula is C10H10Cl2O3. The molecule has 82 valence electrons. The molecule has 5 heteroatoms. The number of rotatable bonds is 3. The van der Waals surface area contributed by atoms with Gasteiger partial charge in [0.2, 0.25) is 0 Å². The van der Waals surface area contributed by atoms with E-state index in [1.54, 1.807) is 13.0 Å². The first-order chi connectivity index (χ1) is 6.97. The molecule has 0 aliphatic rings. The Kier molecular flexibility index (Phi) is 3.83. The number of carbonyl (C=O) groups is 1. The van der Waals surface area contributed by atoms with Crippen LogP contribution in [0.2, 0.25) is 5.02 Å². The first-order valence-corrected chi connectivity index (χ1v) is 4.99. The zero-order chi connectivity index (χ0) is 11.6. The summed E-state index contributed by atoms with van der Waals surface area (Å²) in [7, 11) is 1.46. The molecule has 0 spiro atoms. The van der Waals surface area contributed by atoms with Gasteiger partial charge in [0.25, 0.3) is 0 Å². The summed E-state index contributed by atoms with van der Waals surface area (Å²) < 4.78 is 5.10. The second-order valence-electron chi connectivity index (χ2n) is 3.05. The molecular weight excluding hydrogens is 239 g/mol. The van der Waals surface area contributed by atoms with Crippen molar-refractivity contribution < 1.29 is 14.6 Å². The zero-order valence-electron chi connectivity index (χ0n) is 8.25. The Balaban J connectivity index is 3.32. The van der Waals surface area contributed by atoms with Gasteiger partial charge in [0.05, 0.1) is 7.11 Å². The first kappa shape index (κ1) is 12.1. The molecule has 0 bridgehead atoms. The van der Waals surface area contributed by atoms with Crippen molar-refractivity contribution in [2.75, 3.05) is 7.11 Å². The first-order valence-electron chi connectivity index (χ1n) is 4.18. The second-order valence-corrected chi connectivity index (χ2v) is 3.92. The molecule has 0 amide bonds. The molecule has 1 unspecified atom stereocenters. The van der Waals surface area contributed by atoms with Gasteiger partial charge < -0.3 is 9.84 Å². The van der Waals surface area contributed by atoms with E-state index in [1.165, 1.54) is 13.2 Å². The summed E-state index contributed by atoms with van der Waals surface area (Å²) in [4.78, 5) is 10.8. The third-order valence-electron chi connectivity index (χ3n) is 1.96. The van der Waals surface area contributed by atoms with E-state index in [4.69, 9.17) is 33.0 Å². The zero-order valence-corrected chi connectivity index (χ0v) is 9.76. The van der Waals surface area contributed by atoms with Crippen molar-refractivity contribution in [2.24, 2.45) is 0 Å². The highest BCUT2D eigenvalue weighted by Crippen LogP contribution is 2.35. The van der Waals surface area contributed by atoms with Gasteiger partial charge in [-0.05, 0) is 24.6 Å². The number of alkyl halides is 1. The Morgan fingerprint density at radius 2 is 2.13 bits per heavy atom. The fourth-order valence-electron chi connectivity index (χ4n) is 1.36. The van der Waals surface area contributed by atoms with Crippen molar-refractivity contribution in [1.82, 2.24) is 0 Å². The number of halogens is 2. The number of hydrogen-bond acceptors (Lipinski definition) is 2. The molecule has 0 fully saturated rings. The molecule has 3 nitrogen and oxygen atoms in total. The maximum atomic E-state index is 10.8. The van der Waals surface area contributed by atoms with E-state index in [1.807, 2.05) is 0 Å². The van der Waals surface area contributed by atoms with Crippen LogP contribution in [0.15, 0.2) is 12.1 Å². The fourth-order valence-corrected chi connectivity index (χ4v) is 1.80. The van der Waals surface area contributed by atoms with Gasteiger partial charge in [-0.15, -0.1) is 11.6 Å². The van der Waals surface area contributed by atoms with Crippen LogP contribution in [0.4, 0.5) is 0 Å². The smallest absolute Gasteiger partial charge is 0.326 e. The van der Waals surface area contributed by atoms with Crippen molar-refractivity contribution in [3.05, 3.63) is 28.3 Å². The highest BCUT2D eigenvalue weighted by Gasteiger charge is 2.22. The normalized spacial score (nSPS) is 12.3.